The van der Waals surface area contributed by atoms with Crippen LogP contribution in [-0.4, -0.2) is 24.2 Å². The maximum atomic E-state index is 8.93. The van der Waals surface area contributed by atoms with Gasteiger partial charge in [-0.05, 0) is 20.8 Å². The van der Waals surface area contributed by atoms with Gasteiger partial charge in [0.25, 0.3) is 0 Å². The van der Waals surface area contributed by atoms with Crippen LogP contribution < -0.4 is 5.48 Å². The second-order valence-electron chi connectivity index (χ2n) is 2.90. The smallest absolute Gasteiger partial charge is 0.236 e. The molecule has 0 aromatic rings. The molecular formula is C6H15NO3. The lowest BCUT2D eigenvalue weighted by Gasteiger charge is -2.23. The van der Waals surface area contributed by atoms with Crippen molar-refractivity contribution >= 4 is 0 Å². The van der Waals surface area contributed by atoms with Gasteiger partial charge in [0.05, 0.1) is 12.7 Å². The van der Waals surface area contributed by atoms with Crippen molar-refractivity contribution in [3.8, 4) is 0 Å². The fourth-order valence-corrected chi connectivity index (χ4v) is 0.460. The minimum Gasteiger partial charge on any atom is -0.354 e. The molecule has 10 heavy (non-hydrogen) atoms. The molecule has 0 rings (SSSR count). The molecule has 0 bridgehead atoms. The molecule has 0 heterocycles. The van der Waals surface area contributed by atoms with Crippen LogP contribution in [0.5, 0.6) is 0 Å². The van der Waals surface area contributed by atoms with Gasteiger partial charge in [-0.15, -0.1) is 5.48 Å². The standard InChI is InChI=1S/C6H15NO3/c1-6(2,3)10-5(8)7-9-4/h5,7-8H,1-4H3. The van der Waals surface area contributed by atoms with Crippen molar-refractivity contribution in [2.45, 2.75) is 32.8 Å². The van der Waals surface area contributed by atoms with Gasteiger partial charge in [0.2, 0.25) is 6.41 Å². The van der Waals surface area contributed by atoms with Crippen molar-refractivity contribution in [3.05, 3.63) is 0 Å². The lowest BCUT2D eigenvalue weighted by atomic mass is 10.2. The summed E-state index contributed by atoms with van der Waals surface area (Å²) in [7, 11) is 1.41. The highest BCUT2D eigenvalue weighted by atomic mass is 16.7. The van der Waals surface area contributed by atoms with Crippen LogP contribution >= 0.6 is 0 Å². The number of hydrogen-bond donors (Lipinski definition) is 2. The quantitative estimate of drug-likeness (QED) is 0.445. The maximum Gasteiger partial charge on any atom is 0.236 e. The Morgan fingerprint density at radius 3 is 2.20 bits per heavy atom. The highest BCUT2D eigenvalue weighted by Gasteiger charge is 2.15. The van der Waals surface area contributed by atoms with E-state index in [0.717, 1.165) is 0 Å². The molecule has 1 unspecified atom stereocenters. The summed E-state index contributed by atoms with van der Waals surface area (Å²) in [5, 5.41) is 8.93. The number of rotatable bonds is 3. The third kappa shape index (κ3) is 5.97. The van der Waals surface area contributed by atoms with Crippen molar-refractivity contribution in [3.63, 3.8) is 0 Å². The predicted octanol–water partition coefficient (Wildman–Crippen LogP) is 0.228. The van der Waals surface area contributed by atoms with Gasteiger partial charge in [-0.25, -0.2) is 0 Å². The molecule has 0 aliphatic heterocycles. The number of ether oxygens (including phenoxy) is 1. The van der Waals surface area contributed by atoms with Crippen LogP contribution in [0.4, 0.5) is 0 Å². The number of nitrogens with one attached hydrogen (secondary N) is 1. The first-order valence-corrected chi connectivity index (χ1v) is 3.10. The summed E-state index contributed by atoms with van der Waals surface area (Å²) in [6.45, 7) is 5.52. The fraction of sp³-hybridized carbons (Fsp3) is 1.00. The number of aliphatic hydroxyl groups is 1. The SMILES string of the molecule is CONC(O)OC(C)(C)C. The number of hydrogen-bond acceptors (Lipinski definition) is 4. The third-order valence-corrected chi connectivity index (χ3v) is 0.684. The summed E-state index contributed by atoms with van der Waals surface area (Å²) in [5.74, 6) is 0. The monoisotopic (exact) mass is 149 g/mol. The zero-order valence-electron chi connectivity index (χ0n) is 6.84. The van der Waals surface area contributed by atoms with Crippen molar-refractivity contribution < 1.29 is 14.7 Å². The van der Waals surface area contributed by atoms with E-state index in [4.69, 9.17) is 9.84 Å². The molecule has 0 aromatic heterocycles. The Balaban J connectivity index is 3.47. The van der Waals surface area contributed by atoms with E-state index in [0.29, 0.717) is 0 Å². The fourth-order valence-electron chi connectivity index (χ4n) is 0.460. The molecular weight excluding hydrogens is 134 g/mol. The predicted molar refractivity (Wildman–Crippen MR) is 37.0 cm³/mol. The minimum atomic E-state index is -1.06. The molecule has 4 heteroatoms. The van der Waals surface area contributed by atoms with Crippen LogP contribution in [0.2, 0.25) is 0 Å². The van der Waals surface area contributed by atoms with Gasteiger partial charge in [-0.3, -0.25) is 0 Å². The van der Waals surface area contributed by atoms with Gasteiger partial charge in [0.15, 0.2) is 0 Å². The van der Waals surface area contributed by atoms with Crippen molar-refractivity contribution in [2.75, 3.05) is 7.11 Å². The second kappa shape index (κ2) is 3.88. The molecule has 0 amide bonds. The van der Waals surface area contributed by atoms with Crippen LogP contribution in [0.1, 0.15) is 20.8 Å². The Hall–Kier alpha value is -0.160. The van der Waals surface area contributed by atoms with Crippen LogP contribution in [-0.2, 0) is 9.57 Å². The second-order valence-corrected chi connectivity index (χ2v) is 2.90. The van der Waals surface area contributed by atoms with E-state index in [-0.39, 0.29) is 5.60 Å². The zero-order chi connectivity index (χ0) is 8.20. The molecule has 0 radical (unpaired) electrons. The Bertz CT molecular complexity index is 89.5. The molecule has 2 N–H and O–H groups in total. The van der Waals surface area contributed by atoms with E-state index in [1.54, 1.807) is 0 Å². The van der Waals surface area contributed by atoms with Crippen molar-refractivity contribution in [1.29, 1.82) is 0 Å². The molecule has 0 spiro atoms. The Morgan fingerprint density at radius 1 is 1.40 bits per heavy atom. The van der Waals surface area contributed by atoms with Gasteiger partial charge >= 0.3 is 0 Å². The van der Waals surface area contributed by atoms with E-state index < -0.39 is 6.41 Å². The topological polar surface area (TPSA) is 50.7 Å². The molecule has 0 saturated heterocycles. The van der Waals surface area contributed by atoms with Gasteiger partial charge in [0.1, 0.15) is 0 Å². The number of aliphatic hydroxyl groups excluding tert-OH is 1. The minimum absolute atomic E-state index is 0.370. The van der Waals surface area contributed by atoms with Crippen LogP contribution in [0.25, 0.3) is 0 Å². The molecule has 0 saturated carbocycles. The maximum absolute atomic E-state index is 8.93. The van der Waals surface area contributed by atoms with E-state index >= 15 is 0 Å². The summed E-state index contributed by atoms with van der Waals surface area (Å²) in [5.41, 5.74) is 1.87. The summed E-state index contributed by atoms with van der Waals surface area (Å²) in [6.07, 6.45) is -1.06. The van der Waals surface area contributed by atoms with Gasteiger partial charge in [-0.1, -0.05) is 0 Å². The highest BCUT2D eigenvalue weighted by Crippen LogP contribution is 2.07. The average Bonchev–Trinajstić information content (AvgIpc) is 1.59. The molecule has 0 aliphatic carbocycles. The normalized spacial score (nSPS) is 15.3. The first-order valence-electron chi connectivity index (χ1n) is 3.10. The van der Waals surface area contributed by atoms with Crippen LogP contribution in [0.15, 0.2) is 0 Å². The Kier molecular flexibility index (Phi) is 3.81. The van der Waals surface area contributed by atoms with Gasteiger partial charge in [-0.2, -0.15) is 0 Å². The highest BCUT2D eigenvalue weighted by molar-refractivity contribution is 4.57. The summed E-state index contributed by atoms with van der Waals surface area (Å²) in [6, 6.07) is 0. The van der Waals surface area contributed by atoms with Crippen LogP contribution in [0.3, 0.4) is 0 Å². The average molecular weight is 149 g/mol. The Labute approximate surface area is 61.1 Å². The molecule has 0 fully saturated rings. The van der Waals surface area contributed by atoms with E-state index in [2.05, 4.69) is 10.3 Å². The van der Waals surface area contributed by atoms with Crippen molar-refractivity contribution in [1.82, 2.24) is 5.48 Å². The summed E-state index contributed by atoms with van der Waals surface area (Å²) >= 11 is 0. The number of hydroxylamine groups is 1. The van der Waals surface area contributed by atoms with E-state index in [1.807, 2.05) is 20.8 Å². The lowest BCUT2D eigenvalue weighted by molar-refractivity contribution is -0.228. The molecule has 1 atom stereocenters. The van der Waals surface area contributed by atoms with Gasteiger partial charge < -0.3 is 14.7 Å². The summed E-state index contributed by atoms with van der Waals surface area (Å²) < 4.78 is 5.00. The molecule has 62 valence electrons. The zero-order valence-corrected chi connectivity index (χ0v) is 6.84. The largest absolute Gasteiger partial charge is 0.354 e. The lowest BCUT2D eigenvalue weighted by Crippen LogP contribution is -2.37. The van der Waals surface area contributed by atoms with Gasteiger partial charge in [0, 0.05) is 0 Å². The van der Waals surface area contributed by atoms with Crippen LogP contribution in [0, 0.1) is 0 Å². The molecule has 4 nitrogen and oxygen atoms in total. The molecule has 0 aliphatic rings. The first kappa shape index (κ1) is 9.84. The third-order valence-electron chi connectivity index (χ3n) is 0.684. The Morgan fingerprint density at radius 2 is 1.90 bits per heavy atom. The van der Waals surface area contributed by atoms with Crippen molar-refractivity contribution in [2.24, 2.45) is 0 Å². The first-order chi connectivity index (χ1) is 4.45. The summed E-state index contributed by atoms with van der Waals surface area (Å²) in [4.78, 5) is 4.42. The van der Waals surface area contributed by atoms with E-state index in [1.165, 1.54) is 7.11 Å². The van der Waals surface area contributed by atoms with E-state index in [9.17, 15) is 0 Å². The molecule has 0 aromatic carbocycles.